The largest absolute Gasteiger partial charge is 0.392 e. The SMILES string of the molecule is C[C@@H](O)CN1CCN(S(=O)(=O)c2cccc(S(C)(=O)=O)c2)[C@@H](C)C1. The van der Waals surface area contributed by atoms with E-state index in [0.29, 0.717) is 26.2 Å². The molecule has 0 aromatic heterocycles. The van der Waals surface area contributed by atoms with Crippen LogP contribution < -0.4 is 0 Å². The number of aliphatic hydroxyl groups excluding tert-OH is 1. The first-order chi connectivity index (χ1) is 11.0. The second kappa shape index (κ2) is 7.09. The number of piperazine rings is 1. The minimum absolute atomic E-state index is 0.0102. The van der Waals surface area contributed by atoms with Crippen molar-refractivity contribution in [3.05, 3.63) is 24.3 Å². The summed E-state index contributed by atoms with van der Waals surface area (Å²) in [6, 6.07) is 5.19. The number of benzene rings is 1. The second-order valence-corrected chi connectivity index (χ2v) is 10.2. The van der Waals surface area contributed by atoms with Gasteiger partial charge in [0.1, 0.15) is 0 Å². The molecule has 1 heterocycles. The molecule has 136 valence electrons. The summed E-state index contributed by atoms with van der Waals surface area (Å²) in [5.74, 6) is 0. The fourth-order valence-electron chi connectivity index (χ4n) is 2.91. The maximum absolute atomic E-state index is 12.9. The van der Waals surface area contributed by atoms with Gasteiger partial charge >= 0.3 is 0 Å². The summed E-state index contributed by atoms with van der Waals surface area (Å²) in [7, 11) is -7.24. The normalized spacial score (nSPS) is 22.4. The fourth-order valence-corrected chi connectivity index (χ4v) is 5.31. The molecule has 0 saturated carbocycles. The number of nitrogens with zero attached hydrogens (tertiary/aromatic N) is 2. The van der Waals surface area contributed by atoms with Crippen molar-refractivity contribution in [3.8, 4) is 0 Å². The van der Waals surface area contributed by atoms with Gasteiger partial charge in [0.25, 0.3) is 0 Å². The summed E-state index contributed by atoms with van der Waals surface area (Å²) in [6.07, 6.45) is 0.586. The maximum Gasteiger partial charge on any atom is 0.243 e. The number of hydrogen-bond donors (Lipinski definition) is 1. The Bertz CT molecular complexity index is 790. The van der Waals surface area contributed by atoms with E-state index in [2.05, 4.69) is 0 Å². The molecule has 2 atom stereocenters. The van der Waals surface area contributed by atoms with Crippen molar-refractivity contribution in [2.45, 2.75) is 35.8 Å². The van der Waals surface area contributed by atoms with Gasteiger partial charge in [-0.25, -0.2) is 16.8 Å². The number of aliphatic hydroxyl groups is 1. The third-order valence-electron chi connectivity index (χ3n) is 4.01. The van der Waals surface area contributed by atoms with Crippen molar-refractivity contribution >= 4 is 19.9 Å². The molecule has 1 aromatic carbocycles. The lowest BCUT2D eigenvalue weighted by Crippen LogP contribution is -2.54. The Morgan fingerprint density at radius 2 is 1.83 bits per heavy atom. The van der Waals surface area contributed by atoms with Crippen LogP contribution in [-0.4, -0.2) is 75.7 Å². The lowest BCUT2D eigenvalue weighted by molar-refractivity contribution is 0.0840. The number of sulfone groups is 1. The third-order valence-corrected chi connectivity index (χ3v) is 7.13. The van der Waals surface area contributed by atoms with Crippen LogP contribution in [0.1, 0.15) is 13.8 Å². The van der Waals surface area contributed by atoms with Crippen LogP contribution in [0, 0.1) is 0 Å². The first-order valence-electron chi connectivity index (χ1n) is 7.74. The Morgan fingerprint density at radius 1 is 1.21 bits per heavy atom. The Morgan fingerprint density at radius 3 is 2.38 bits per heavy atom. The van der Waals surface area contributed by atoms with Crippen LogP contribution in [0.25, 0.3) is 0 Å². The van der Waals surface area contributed by atoms with Gasteiger partial charge in [-0.15, -0.1) is 0 Å². The lowest BCUT2D eigenvalue weighted by atomic mass is 10.2. The van der Waals surface area contributed by atoms with Gasteiger partial charge in [-0.05, 0) is 32.0 Å². The van der Waals surface area contributed by atoms with E-state index >= 15 is 0 Å². The van der Waals surface area contributed by atoms with Gasteiger partial charge in [0.2, 0.25) is 10.0 Å². The van der Waals surface area contributed by atoms with Crippen molar-refractivity contribution < 1.29 is 21.9 Å². The van der Waals surface area contributed by atoms with E-state index in [1.807, 2.05) is 11.8 Å². The number of hydrogen-bond acceptors (Lipinski definition) is 6. The molecule has 0 aliphatic carbocycles. The number of rotatable bonds is 5. The summed E-state index contributed by atoms with van der Waals surface area (Å²) < 4.78 is 50.5. The van der Waals surface area contributed by atoms with Crippen LogP contribution >= 0.6 is 0 Å². The Kier molecular flexibility index (Phi) is 5.71. The summed E-state index contributed by atoms with van der Waals surface area (Å²) in [5.41, 5.74) is 0. The number of sulfonamides is 1. The molecule has 1 aliphatic heterocycles. The van der Waals surface area contributed by atoms with Crippen LogP contribution in [0.15, 0.2) is 34.1 Å². The highest BCUT2D eigenvalue weighted by molar-refractivity contribution is 7.91. The third kappa shape index (κ3) is 4.34. The Labute approximate surface area is 143 Å². The van der Waals surface area contributed by atoms with E-state index in [1.165, 1.54) is 28.6 Å². The van der Waals surface area contributed by atoms with Gasteiger partial charge in [0.05, 0.1) is 15.9 Å². The highest BCUT2D eigenvalue weighted by Gasteiger charge is 2.34. The molecule has 9 heteroatoms. The lowest BCUT2D eigenvalue weighted by Gasteiger charge is -2.39. The van der Waals surface area contributed by atoms with E-state index in [9.17, 15) is 21.9 Å². The van der Waals surface area contributed by atoms with Gasteiger partial charge in [-0.3, -0.25) is 4.90 Å². The van der Waals surface area contributed by atoms with Gasteiger partial charge in [-0.1, -0.05) is 6.07 Å². The molecule has 7 nitrogen and oxygen atoms in total. The van der Waals surface area contributed by atoms with Crippen LogP contribution in [0.4, 0.5) is 0 Å². The van der Waals surface area contributed by atoms with Gasteiger partial charge in [0.15, 0.2) is 9.84 Å². The summed E-state index contributed by atoms with van der Waals surface area (Å²) in [5, 5.41) is 9.47. The molecule has 2 rings (SSSR count). The molecule has 1 aromatic rings. The zero-order chi connectivity index (χ0) is 18.1. The summed E-state index contributed by atoms with van der Waals surface area (Å²) in [4.78, 5) is 2.00. The topological polar surface area (TPSA) is 95.0 Å². The van der Waals surface area contributed by atoms with E-state index in [-0.39, 0.29) is 15.8 Å². The molecule has 0 spiro atoms. The van der Waals surface area contributed by atoms with Crippen molar-refractivity contribution in [3.63, 3.8) is 0 Å². The van der Waals surface area contributed by atoms with Crippen molar-refractivity contribution in [2.24, 2.45) is 0 Å². The van der Waals surface area contributed by atoms with Crippen molar-refractivity contribution in [1.82, 2.24) is 9.21 Å². The molecule has 1 saturated heterocycles. The smallest absolute Gasteiger partial charge is 0.243 e. The average Bonchev–Trinajstić information content (AvgIpc) is 2.45. The predicted molar refractivity (Wildman–Crippen MR) is 91.0 cm³/mol. The molecule has 0 amide bonds. The molecule has 0 bridgehead atoms. The van der Waals surface area contributed by atoms with Crippen molar-refractivity contribution in [2.75, 3.05) is 32.4 Å². The Hall–Kier alpha value is -1.00. The zero-order valence-corrected chi connectivity index (χ0v) is 15.7. The van der Waals surface area contributed by atoms with Gasteiger partial charge in [0, 0.05) is 38.5 Å². The van der Waals surface area contributed by atoms with Crippen LogP contribution in [-0.2, 0) is 19.9 Å². The van der Waals surface area contributed by atoms with Crippen molar-refractivity contribution in [1.29, 1.82) is 0 Å². The molecule has 1 N–H and O–H groups in total. The van der Waals surface area contributed by atoms with E-state index < -0.39 is 26.0 Å². The van der Waals surface area contributed by atoms with Crippen LogP contribution in [0.2, 0.25) is 0 Å². The maximum atomic E-state index is 12.9. The summed E-state index contributed by atoms with van der Waals surface area (Å²) in [6.45, 7) is 5.37. The standard InChI is InChI=1S/C15H24N2O5S2/c1-12-10-16(11-13(2)18)7-8-17(12)24(21,22)15-6-4-5-14(9-15)23(3,19)20/h4-6,9,12-13,18H,7-8,10-11H2,1-3H3/t12-,13+/m0/s1. The van der Waals surface area contributed by atoms with E-state index in [4.69, 9.17) is 0 Å². The molecular weight excluding hydrogens is 352 g/mol. The minimum atomic E-state index is -3.77. The number of β-amino-alcohol motifs (C(OH)–C–C–N with tert-alkyl or cyclic N) is 1. The summed E-state index contributed by atoms with van der Waals surface area (Å²) >= 11 is 0. The Balaban J connectivity index is 2.25. The first kappa shape index (κ1) is 19.3. The van der Waals surface area contributed by atoms with Gasteiger partial charge < -0.3 is 5.11 Å². The van der Waals surface area contributed by atoms with E-state index in [1.54, 1.807) is 6.92 Å². The fraction of sp³-hybridized carbons (Fsp3) is 0.600. The minimum Gasteiger partial charge on any atom is -0.392 e. The second-order valence-electron chi connectivity index (χ2n) is 6.32. The zero-order valence-electron chi connectivity index (χ0n) is 14.1. The molecule has 0 unspecified atom stereocenters. The van der Waals surface area contributed by atoms with Gasteiger partial charge in [-0.2, -0.15) is 4.31 Å². The molecule has 1 fully saturated rings. The molecule has 24 heavy (non-hydrogen) atoms. The monoisotopic (exact) mass is 376 g/mol. The van der Waals surface area contributed by atoms with Crippen LogP contribution in [0.3, 0.4) is 0 Å². The first-order valence-corrected chi connectivity index (χ1v) is 11.1. The van der Waals surface area contributed by atoms with Crippen LogP contribution in [0.5, 0.6) is 0 Å². The molecule has 1 aliphatic rings. The quantitative estimate of drug-likeness (QED) is 0.787. The average molecular weight is 377 g/mol. The molecular formula is C15H24N2O5S2. The highest BCUT2D eigenvalue weighted by Crippen LogP contribution is 2.23. The predicted octanol–water partition coefficient (Wildman–Crippen LogP) is 0.166. The van der Waals surface area contributed by atoms with E-state index in [0.717, 1.165) is 6.26 Å². The highest BCUT2D eigenvalue weighted by atomic mass is 32.2. The molecule has 0 radical (unpaired) electrons.